The van der Waals surface area contributed by atoms with E-state index in [0.29, 0.717) is 5.52 Å². The summed E-state index contributed by atoms with van der Waals surface area (Å²) in [6.07, 6.45) is 4.36. The van der Waals surface area contributed by atoms with E-state index in [4.69, 9.17) is 5.14 Å². The van der Waals surface area contributed by atoms with Gasteiger partial charge in [0.05, 0.1) is 6.20 Å². The number of hydrogen-bond donors (Lipinski definition) is 1. The average molecular weight is 198 g/mol. The van der Waals surface area contributed by atoms with E-state index in [9.17, 15) is 8.42 Å². The van der Waals surface area contributed by atoms with Gasteiger partial charge in [-0.3, -0.25) is 0 Å². The Bertz CT molecular complexity index is 545. The molecule has 0 aliphatic carbocycles. The zero-order chi connectivity index (χ0) is 9.47. The van der Waals surface area contributed by atoms with Crippen LogP contribution in [0.5, 0.6) is 0 Å². The fraction of sp³-hybridized carbons (Fsp3) is 0. The third kappa shape index (κ3) is 1.27. The molecule has 2 rings (SSSR count). The zero-order valence-corrected chi connectivity index (χ0v) is 7.27. The first kappa shape index (κ1) is 8.14. The van der Waals surface area contributed by atoms with Gasteiger partial charge in [-0.15, -0.1) is 0 Å². The smallest absolute Gasteiger partial charge is 0.240 e. The maximum absolute atomic E-state index is 11.0. The van der Waals surface area contributed by atoms with Crippen LogP contribution in [0.15, 0.2) is 29.7 Å². The van der Waals surface area contributed by atoms with Gasteiger partial charge in [-0.1, -0.05) is 0 Å². The van der Waals surface area contributed by atoms with E-state index >= 15 is 0 Å². The van der Waals surface area contributed by atoms with Gasteiger partial charge in [0, 0.05) is 12.4 Å². The van der Waals surface area contributed by atoms with Crippen LogP contribution in [0.25, 0.3) is 5.52 Å². The lowest BCUT2D eigenvalue weighted by Crippen LogP contribution is -2.15. The van der Waals surface area contributed by atoms with Crippen LogP contribution in [0.4, 0.5) is 0 Å². The highest BCUT2D eigenvalue weighted by molar-refractivity contribution is 7.89. The fourth-order valence-corrected chi connectivity index (χ4v) is 1.71. The Morgan fingerprint density at radius 3 is 2.85 bits per heavy atom. The highest BCUT2D eigenvalue weighted by Crippen LogP contribution is 2.10. The number of aromatic nitrogens is 3. The van der Waals surface area contributed by atoms with Crippen molar-refractivity contribution in [2.45, 2.75) is 5.03 Å². The molecule has 7 heteroatoms. The van der Waals surface area contributed by atoms with E-state index in [-0.39, 0.29) is 5.03 Å². The van der Waals surface area contributed by atoms with Crippen molar-refractivity contribution in [1.82, 2.24) is 14.6 Å². The molecule has 13 heavy (non-hydrogen) atoms. The first-order valence-corrected chi connectivity index (χ1v) is 4.95. The number of sulfonamides is 1. The van der Waals surface area contributed by atoms with E-state index in [1.165, 1.54) is 23.0 Å². The fourth-order valence-electron chi connectivity index (χ4n) is 1.05. The quantitative estimate of drug-likeness (QED) is 0.661. The van der Waals surface area contributed by atoms with E-state index < -0.39 is 10.0 Å². The van der Waals surface area contributed by atoms with Gasteiger partial charge in [-0.05, 0) is 6.07 Å². The van der Waals surface area contributed by atoms with Crippen molar-refractivity contribution in [2.75, 3.05) is 0 Å². The molecular weight excluding hydrogens is 192 g/mol. The van der Waals surface area contributed by atoms with Crippen LogP contribution in [0, 0.1) is 0 Å². The molecule has 2 aromatic heterocycles. The van der Waals surface area contributed by atoms with Crippen LogP contribution in [-0.2, 0) is 10.0 Å². The van der Waals surface area contributed by atoms with Crippen molar-refractivity contribution in [2.24, 2.45) is 5.14 Å². The van der Waals surface area contributed by atoms with Gasteiger partial charge in [0.2, 0.25) is 0 Å². The predicted octanol–water partition coefficient (Wildman–Crippen LogP) is -0.623. The summed E-state index contributed by atoms with van der Waals surface area (Å²) in [5.41, 5.74) is 0.380. The Balaban J connectivity index is 2.91. The summed E-state index contributed by atoms with van der Waals surface area (Å²) in [6, 6.07) is 1.53. The van der Waals surface area contributed by atoms with Gasteiger partial charge < -0.3 is 0 Å². The van der Waals surface area contributed by atoms with Crippen molar-refractivity contribution < 1.29 is 8.42 Å². The molecule has 0 saturated carbocycles. The van der Waals surface area contributed by atoms with E-state index in [1.807, 2.05) is 0 Å². The van der Waals surface area contributed by atoms with Crippen molar-refractivity contribution in [3.05, 3.63) is 24.7 Å². The highest BCUT2D eigenvalue weighted by Gasteiger charge is 2.14. The Kier molecular flexibility index (Phi) is 1.57. The molecule has 6 nitrogen and oxygen atoms in total. The van der Waals surface area contributed by atoms with Gasteiger partial charge in [0.15, 0.2) is 5.03 Å². The number of fused-ring (bicyclic) bond motifs is 1. The summed E-state index contributed by atoms with van der Waals surface area (Å²) < 4.78 is 23.4. The standard InChI is InChI=1S/C6H6N4O2S/c7-13(11,12)6-5-1-2-9-10(5)4-3-8-6/h1-4H,(H2,7,11,12). The first-order chi connectivity index (χ1) is 6.09. The van der Waals surface area contributed by atoms with Crippen molar-refractivity contribution >= 4 is 15.5 Å². The number of nitrogens with two attached hydrogens (primary N) is 1. The number of rotatable bonds is 1. The van der Waals surface area contributed by atoms with Crippen LogP contribution in [-0.4, -0.2) is 23.0 Å². The van der Waals surface area contributed by atoms with Gasteiger partial charge in [-0.2, -0.15) is 5.10 Å². The second kappa shape index (κ2) is 2.51. The number of primary sulfonamides is 1. The minimum atomic E-state index is -3.77. The summed E-state index contributed by atoms with van der Waals surface area (Å²) in [4.78, 5) is 3.68. The van der Waals surface area contributed by atoms with Crippen molar-refractivity contribution in [3.63, 3.8) is 0 Å². The third-order valence-corrected chi connectivity index (χ3v) is 2.41. The Hall–Kier alpha value is -1.47. The molecule has 0 aliphatic heterocycles. The molecule has 0 spiro atoms. The lowest BCUT2D eigenvalue weighted by Gasteiger charge is -1.98. The molecule has 0 aromatic carbocycles. The van der Waals surface area contributed by atoms with Crippen molar-refractivity contribution in [1.29, 1.82) is 0 Å². The summed E-state index contributed by atoms with van der Waals surface area (Å²) in [5, 5.41) is 8.64. The molecule has 2 aromatic rings. The SMILES string of the molecule is NS(=O)(=O)c1nccn2nccc12. The van der Waals surface area contributed by atoms with Gasteiger partial charge in [0.25, 0.3) is 10.0 Å². The van der Waals surface area contributed by atoms with Gasteiger partial charge in [-0.25, -0.2) is 23.1 Å². The molecule has 0 aliphatic rings. The van der Waals surface area contributed by atoms with Crippen LogP contribution in [0.1, 0.15) is 0 Å². The number of nitrogens with zero attached hydrogens (tertiary/aromatic N) is 3. The summed E-state index contributed by atoms with van der Waals surface area (Å²) >= 11 is 0. The van der Waals surface area contributed by atoms with Crippen LogP contribution in [0.2, 0.25) is 0 Å². The Labute approximate surface area is 74.1 Å². The molecule has 0 fully saturated rings. The number of hydrogen-bond acceptors (Lipinski definition) is 4. The summed E-state index contributed by atoms with van der Waals surface area (Å²) in [7, 11) is -3.77. The van der Waals surface area contributed by atoms with Crippen LogP contribution in [0.3, 0.4) is 0 Å². The molecule has 2 heterocycles. The van der Waals surface area contributed by atoms with Gasteiger partial charge >= 0.3 is 0 Å². The Morgan fingerprint density at radius 1 is 1.38 bits per heavy atom. The second-order valence-corrected chi connectivity index (χ2v) is 3.92. The molecule has 2 N–H and O–H groups in total. The molecule has 0 unspecified atom stereocenters. The topological polar surface area (TPSA) is 90.4 Å². The third-order valence-electron chi connectivity index (χ3n) is 1.56. The molecular formula is C6H6N4O2S. The molecule has 0 saturated heterocycles. The van der Waals surface area contributed by atoms with Crippen LogP contribution < -0.4 is 5.14 Å². The monoisotopic (exact) mass is 198 g/mol. The molecule has 0 radical (unpaired) electrons. The molecule has 0 amide bonds. The maximum Gasteiger partial charge on any atom is 0.257 e. The van der Waals surface area contributed by atoms with E-state index in [1.54, 1.807) is 6.20 Å². The van der Waals surface area contributed by atoms with Gasteiger partial charge in [0.1, 0.15) is 5.52 Å². The normalized spacial score (nSPS) is 12.1. The molecule has 68 valence electrons. The lowest BCUT2D eigenvalue weighted by molar-refractivity contribution is 0.594. The highest BCUT2D eigenvalue weighted by atomic mass is 32.2. The predicted molar refractivity (Wildman–Crippen MR) is 44.4 cm³/mol. The minimum Gasteiger partial charge on any atom is -0.240 e. The summed E-state index contributed by atoms with van der Waals surface area (Å²) in [5.74, 6) is 0. The van der Waals surface area contributed by atoms with Crippen LogP contribution >= 0.6 is 0 Å². The van der Waals surface area contributed by atoms with E-state index in [2.05, 4.69) is 10.1 Å². The molecule has 0 atom stereocenters. The second-order valence-electron chi connectivity index (χ2n) is 2.44. The average Bonchev–Trinajstić information content (AvgIpc) is 2.48. The Morgan fingerprint density at radius 2 is 2.15 bits per heavy atom. The van der Waals surface area contributed by atoms with Crippen molar-refractivity contribution in [3.8, 4) is 0 Å². The lowest BCUT2D eigenvalue weighted by atomic mass is 10.5. The minimum absolute atomic E-state index is 0.160. The maximum atomic E-state index is 11.0. The largest absolute Gasteiger partial charge is 0.257 e. The first-order valence-electron chi connectivity index (χ1n) is 3.40. The molecule has 0 bridgehead atoms. The van der Waals surface area contributed by atoms with E-state index in [0.717, 1.165) is 0 Å². The zero-order valence-electron chi connectivity index (χ0n) is 6.45. The summed E-state index contributed by atoms with van der Waals surface area (Å²) in [6.45, 7) is 0.